The molecule has 0 spiro atoms. The van der Waals surface area contributed by atoms with Crippen LogP contribution >= 0.6 is 11.8 Å². The van der Waals surface area contributed by atoms with Gasteiger partial charge in [-0.05, 0) is 24.0 Å². The Labute approximate surface area is 146 Å². The van der Waals surface area contributed by atoms with Gasteiger partial charge in [0.15, 0.2) is 5.82 Å². The van der Waals surface area contributed by atoms with Gasteiger partial charge in [-0.2, -0.15) is 4.98 Å². The van der Waals surface area contributed by atoms with E-state index in [2.05, 4.69) is 40.7 Å². The number of hydrogen-bond donors (Lipinski definition) is 0. The van der Waals surface area contributed by atoms with Crippen molar-refractivity contribution in [2.45, 2.75) is 50.0 Å². The van der Waals surface area contributed by atoms with Crippen LogP contribution in [-0.2, 0) is 16.8 Å². The first-order valence-corrected chi connectivity index (χ1v) is 9.34. The summed E-state index contributed by atoms with van der Waals surface area (Å²) in [6.07, 6.45) is 2.49. The Morgan fingerprint density at radius 1 is 1.29 bits per heavy atom. The van der Waals surface area contributed by atoms with Crippen LogP contribution in [0.4, 0.5) is 0 Å². The van der Waals surface area contributed by atoms with Gasteiger partial charge in [0.25, 0.3) is 0 Å². The largest absolute Gasteiger partial charge is 0.339 e. The second kappa shape index (κ2) is 6.59. The van der Waals surface area contributed by atoms with Crippen molar-refractivity contribution in [1.29, 1.82) is 0 Å². The summed E-state index contributed by atoms with van der Waals surface area (Å²) in [7, 11) is 0. The van der Waals surface area contributed by atoms with E-state index in [-0.39, 0.29) is 17.2 Å². The van der Waals surface area contributed by atoms with Gasteiger partial charge in [0.1, 0.15) is 0 Å². The van der Waals surface area contributed by atoms with Crippen molar-refractivity contribution in [2.24, 2.45) is 0 Å². The number of carbonyl (C=O) groups is 1. The number of hydrogen-bond acceptors (Lipinski definition) is 5. The Hall–Kier alpha value is -1.82. The first kappa shape index (κ1) is 17.0. The van der Waals surface area contributed by atoms with E-state index in [0.29, 0.717) is 31.2 Å². The molecule has 24 heavy (non-hydrogen) atoms. The van der Waals surface area contributed by atoms with Gasteiger partial charge in [-0.15, -0.1) is 11.8 Å². The lowest BCUT2D eigenvalue weighted by atomic mass is 9.96. The normalized spacial score (nSPS) is 18.4. The summed E-state index contributed by atoms with van der Waals surface area (Å²) in [5, 5.41) is 4.07. The minimum absolute atomic E-state index is 0.00781. The zero-order valence-electron chi connectivity index (χ0n) is 14.6. The molecule has 1 aliphatic heterocycles. The summed E-state index contributed by atoms with van der Waals surface area (Å²) in [6.45, 7) is 7.41. The number of likely N-dealkylation sites (tertiary alicyclic amines) is 1. The van der Waals surface area contributed by atoms with Crippen molar-refractivity contribution >= 4 is 17.7 Å². The van der Waals surface area contributed by atoms with Gasteiger partial charge in [-0.3, -0.25) is 4.79 Å². The summed E-state index contributed by atoms with van der Waals surface area (Å²) < 4.78 is 5.41. The molecule has 0 N–H and O–H groups in total. The van der Waals surface area contributed by atoms with Crippen molar-refractivity contribution in [3.05, 3.63) is 41.5 Å². The van der Waals surface area contributed by atoms with Gasteiger partial charge < -0.3 is 9.42 Å². The van der Waals surface area contributed by atoms with Gasteiger partial charge in [0, 0.05) is 29.8 Å². The highest BCUT2D eigenvalue weighted by molar-refractivity contribution is 7.98. The molecule has 0 saturated carbocycles. The van der Waals surface area contributed by atoms with Crippen molar-refractivity contribution in [2.75, 3.05) is 12.8 Å². The second-order valence-corrected chi connectivity index (χ2v) is 8.11. The first-order chi connectivity index (χ1) is 11.4. The molecule has 2 heterocycles. The summed E-state index contributed by atoms with van der Waals surface area (Å²) in [5.41, 5.74) is 0.992. The summed E-state index contributed by atoms with van der Waals surface area (Å²) in [6, 6.07) is 8.34. The van der Waals surface area contributed by atoms with E-state index in [0.717, 1.165) is 5.56 Å². The number of amides is 1. The Bertz CT molecular complexity index is 719. The number of rotatable bonds is 4. The highest BCUT2D eigenvalue weighted by Crippen LogP contribution is 2.30. The first-order valence-electron chi connectivity index (χ1n) is 8.11. The molecule has 1 unspecified atom stereocenters. The molecule has 0 bridgehead atoms. The molecule has 1 amide bonds. The molecule has 2 aromatic rings. The number of carbonyl (C=O) groups excluding carboxylic acids is 1. The van der Waals surface area contributed by atoms with E-state index in [1.165, 1.54) is 4.90 Å². The third kappa shape index (κ3) is 3.64. The molecule has 3 rings (SSSR count). The molecule has 1 saturated heterocycles. The average molecular weight is 345 g/mol. The van der Waals surface area contributed by atoms with Crippen molar-refractivity contribution in [3.63, 3.8) is 0 Å². The topological polar surface area (TPSA) is 59.2 Å². The van der Waals surface area contributed by atoms with Crippen LogP contribution in [0.25, 0.3) is 0 Å². The molecule has 1 fully saturated rings. The highest BCUT2D eigenvalue weighted by atomic mass is 32.2. The molecule has 1 aliphatic rings. The number of thioether (sulfide) groups is 1. The maximum atomic E-state index is 12.3. The minimum atomic E-state index is -0.150. The predicted octanol–water partition coefficient (Wildman–Crippen LogP) is 3.61. The fourth-order valence-corrected chi connectivity index (χ4v) is 3.16. The zero-order chi connectivity index (χ0) is 17.3. The van der Waals surface area contributed by atoms with E-state index in [4.69, 9.17) is 4.52 Å². The Kier molecular flexibility index (Phi) is 4.67. The molecule has 128 valence electrons. The van der Waals surface area contributed by atoms with Crippen LogP contribution in [0.2, 0.25) is 0 Å². The number of nitrogens with zero attached hydrogens (tertiary/aromatic N) is 3. The lowest BCUT2D eigenvalue weighted by Crippen LogP contribution is -2.24. The fourth-order valence-electron chi connectivity index (χ4n) is 2.75. The molecule has 1 aromatic carbocycles. The fraction of sp³-hybridized carbons (Fsp3) is 0.500. The molecule has 1 aromatic heterocycles. The van der Waals surface area contributed by atoms with Gasteiger partial charge in [0.05, 0.1) is 5.92 Å². The molecule has 6 heteroatoms. The second-order valence-electron chi connectivity index (χ2n) is 7.23. The molecular weight excluding hydrogens is 322 g/mol. The van der Waals surface area contributed by atoms with Gasteiger partial charge in [-0.1, -0.05) is 38.1 Å². The third-order valence-corrected chi connectivity index (χ3v) is 4.95. The minimum Gasteiger partial charge on any atom is -0.339 e. The van der Waals surface area contributed by atoms with Crippen LogP contribution in [-0.4, -0.2) is 33.7 Å². The van der Waals surface area contributed by atoms with Crippen LogP contribution in [0.5, 0.6) is 0 Å². The lowest BCUT2D eigenvalue weighted by molar-refractivity contribution is -0.128. The standard InChI is InChI=1S/C18H23N3O2S/c1-18(2,3)17-19-16(23-20-17)13-9-15(22)21(11-13)10-12-5-7-14(24-4)8-6-12/h5-8,13H,9-11H2,1-4H3. The lowest BCUT2D eigenvalue weighted by Gasteiger charge is -2.16. The smallest absolute Gasteiger partial charge is 0.232 e. The van der Waals surface area contributed by atoms with Gasteiger partial charge in [0.2, 0.25) is 11.8 Å². The quantitative estimate of drug-likeness (QED) is 0.792. The van der Waals surface area contributed by atoms with Crippen LogP contribution in [0.15, 0.2) is 33.7 Å². The molecule has 0 aliphatic carbocycles. The zero-order valence-corrected chi connectivity index (χ0v) is 15.4. The average Bonchev–Trinajstić information content (AvgIpc) is 3.15. The highest BCUT2D eigenvalue weighted by Gasteiger charge is 2.35. The van der Waals surface area contributed by atoms with E-state index in [1.807, 2.05) is 25.7 Å². The van der Waals surface area contributed by atoms with Crippen molar-refractivity contribution < 1.29 is 9.32 Å². The van der Waals surface area contributed by atoms with E-state index in [9.17, 15) is 4.79 Å². The Morgan fingerprint density at radius 3 is 2.58 bits per heavy atom. The Morgan fingerprint density at radius 2 is 2.00 bits per heavy atom. The molecule has 0 radical (unpaired) electrons. The Balaban J connectivity index is 1.68. The van der Waals surface area contributed by atoms with E-state index >= 15 is 0 Å². The molecular formula is C18H23N3O2S. The summed E-state index contributed by atoms with van der Waals surface area (Å²) >= 11 is 1.71. The maximum Gasteiger partial charge on any atom is 0.232 e. The third-order valence-electron chi connectivity index (χ3n) is 4.21. The molecule has 1 atom stereocenters. The van der Waals surface area contributed by atoms with Gasteiger partial charge in [-0.25, -0.2) is 0 Å². The van der Waals surface area contributed by atoms with Crippen molar-refractivity contribution in [3.8, 4) is 0 Å². The molecule has 5 nitrogen and oxygen atoms in total. The monoisotopic (exact) mass is 345 g/mol. The predicted molar refractivity (Wildman–Crippen MR) is 94.0 cm³/mol. The van der Waals surface area contributed by atoms with Crippen molar-refractivity contribution in [1.82, 2.24) is 15.0 Å². The SMILES string of the molecule is CSc1ccc(CN2CC(c3nc(C(C)(C)C)no3)CC2=O)cc1. The maximum absolute atomic E-state index is 12.3. The van der Waals surface area contributed by atoms with E-state index < -0.39 is 0 Å². The van der Waals surface area contributed by atoms with Crippen LogP contribution in [0.1, 0.15) is 50.4 Å². The number of benzene rings is 1. The van der Waals surface area contributed by atoms with Crippen LogP contribution in [0.3, 0.4) is 0 Å². The number of aromatic nitrogens is 2. The van der Waals surface area contributed by atoms with Crippen LogP contribution in [0, 0.1) is 0 Å². The van der Waals surface area contributed by atoms with Gasteiger partial charge >= 0.3 is 0 Å². The summed E-state index contributed by atoms with van der Waals surface area (Å²) in [5.74, 6) is 1.40. The van der Waals surface area contributed by atoms with E-state index in [1.54, 1.807) is 11.8 Å². The van der Waals surface area contributed by atoms with Crippen LogP contribution < -0.4 is 0 Å². The summed E-state index contributed by atoms with van der Waals surface area (Å²) in [4.78, 5) is 19.9.